The van der Waals surface area contributed by atoms with Crippen LogP contribution in [0.5, 0.6) is 0 Å². The van der Waals surface area contributed by atoms with Gasteiger partial charge >= 0.3 is 0 Å². The highest BCUT2D eigenvalue weighted by atomic mass is 32.2. The van der Waals surface area contributed by atoms with Gasteiger partial charge in [0.15, 0.2) is 0 Å². The van der Waals surface area contributed by atoms with Crippen molar-refractivity contribution in [3.05, 3.63) is 156 Å². The van der Waals surface area contributed by atoms with Crippen molar-refractivity contribution in [1.82, 2.24) is 15.2 Å². The number of hydrogen-bond donors (Lipinski definition) is 2. The zero-order valence-electron chi connectivity index (χ0n) is 23.8. The van der Waals surface area contributed by atoms with Crippen LogP contribution in [0.2, 0.25) is 0 Å². The van der Waals surface area contributed by atoms with E-state index in [0.29, 0.717) is 0 Å². The normalized spacial score (nSPS) is 17.6. The van der Waals surface area contributed by atoms with Crippen LogP contribution in [-0.2, 0) is 0 Å². The molecular weight excluding hydrogens is 557 g/mol. The first kappa shape index (κ1) is 25.4. The van der Waals surface area contributed by atoms with Crippen molar-refractivity contribution < 1.29 is 0 Å². The molecule has 2 unspecified atom stereocenters. The van der Waals surface area contributed by atoms with Gasteiger partial charge in [0.25, 0.3) is 0 Å². The number of aromatic nitrogens is 1. The zero-order valence-corrected chi connectivity index (χ0v) is 24.6. The number of rotatable bonds is 2. The summed E-state index contributed by atoms with van der Waals surface area (Å²) in [6.45, 7) is 0. The number of fused-ring (bicyclic) bond motifs is 8. The fourth-order valence-electron chi connectivity index (χ4n) is 6.62. The van der Waals surface area contributed by atoms with Gasteiger partial charge < -0.3 is 5.32 Å². The van der Waals surface area contributed by atoms with E-state index in [-0.39, 0.29) is 12.3 Å². The SMILES string of the molecule is C1=Cc2c(ccc3c2c2ccccc2n3C2=NC(c3ccccc3)NC(c3ccccc3)N2)Sc2c1ccc1ccccc21. The lowest BCUT2D eigenvalue weighted by Gasteiger charge is -2.32. The van der Waals surface area contributed by atoms with Gasteiger partial charge in [-0.2, -0.15) is 0 Å². The molecule has 0 bridgehead atoms. The second-order valence-corrected chi connectivity index (χ2v) is 12.3. The van der Waals surface area contributed by atoms with Gasteiger partial charge in [0.05, 0.1) is 11.0 Å². The van der Waals surface area contributed by atoms with E-state index in [1.54, 1.807) is 0 Å². The molecule has 44 heavy (non-hydrogen) atoms. The van der Waals surface area contributed by atoms with Crippen molar-refractivity contribution in [1.29, 1.82) is 0 Å². The summed E-state index contributed by atoms with van der Waals surface area (Å²) in [6.07, 6.45) is 4.28. The zero-order chi connectivity index (χ0) is 29.0. The van der Waals surface area contributed by atoms with Crippen LogP contribution >= 0.6 is 11.8 Å². The number of para-hydroxylation sites is 1. The average Bonchev–Trinajstić information content (AvgIpc) is 3.30. The van der Waals surface area contributed by atoms with Crippen molar-refractivity contribution in [3.8, 4) is 0 Å². The van der Waals surface area contributed by atoms with Crippen LogP contribution in [0.4, 0.5) is 0 Å². The van der Waals surface area contributed by atoms with Crippen LogP contribution in [-0.4, -0.2) is 10.5 Å². The molecule has 2 N–H and O–H groups in total. The van der Waals surface area contributed by atoms with Crippen molar-refractivity contribution in [3.63, 3.8) is 0 Å². The summed E-state index contributed by atoms with van der Waals surface area (Å²) in [4.78, 5) is 7.87. The quantitative estimate of drug-likeness (QED) is 0.213. The van der Waals surface area contributed by atoms with Gasteiger partial charge in [0, 0.05) is 20.6 Å². The van der Waals surface area contributed by atoms with E-state index in [0.717, 1.165) is 22.6 Å². The minimum atomic E-state index is -0.201. The number of benzene rings is 6. The molecule has 2 atom stereocenters. The molecule has 2 aliphatic heterocycles. The van der Waals surface area contributed by atoms with Crippen LogP contribution in [0.1, 0.15) is 34.6 Å². The Labute approximate surface area is 259 Å². The standard InChI is InChI=1S/C39H28N4S/c1-3-12-27(13-4-1)37-40-38(28-14-5-2-6-15-28)42-39(41-37)43-32-18-10-9-17-30(32)35-31-22-21-26-20-19-25-11-7-8-16-29(25)36(26)44-34(31)24-23-33(35)43/h1-24,37-38,40H,(H,41,42). The Balaban J connectivity index is 1.25. The number of nitrogens with zero attached hydrogens (tertiary/aromatic N) is 2. The predicted octanol–water partition coefficient (Wildman–Crippen LogP) is 9.38. The van der Waals surface area contributed by atoms with Gasteiger partial charge in [0.2, 0.25) is 5.96 Å². The molecule has 0 fully saturated rings. The van der Waals surface area contributed by atoms with Crippen molar-refractivity contribution >= 4 is 62.5 Å². The highest BCUT2D eigenvalue weighted by Gasteiger charge is 2.28. The van der Waals surface area contributed by atoms with Gasteiger partial charge in [-0.1, -0.05) is 139 Å². The van der Waals surface area contributed by atoms with Crippen LogP contribution < -0.4 is 10.6 Å². The van der Waals surface area contributed by atoms with Crippen LogP contribution in [0.25, 0.3) is 44.7 Å². The third kappa shape index (κ3) is 4.08. The number of nitrogens with one attached hydrogen (secondary N) is 2. The molecule has 0 amide bonds. The fourth-order valence-corrected chi connectivity index (χ4v) is 7.80. The Morgan fingerprint density at radius 2 is 1.34 bits per heavy atom. The van der Waals surface area contributed by atoms with E-state index in [9.17, 15) is 0 Å². The summed E-state index contributed by atoms with van der Waals surface area (Å²) in [6, 6.07) is 47.4. The Morgan fingerprint density at radius 1 is 0.614 bits per heavy atom. The van der Waals surface area contributed by atoms with Crippen molar-refractivity contribution in [2.45, 2.75) is 22.1 Å². The molecule has 4 nitrogen and oxygen atoms in total. The Bertz CT molecular complexity index is 2270. The van der Waals surface area contributed by atoms with Gasteiger partial charge in [-0.25, -0.2) is 4.99 Å². The fraction of sp³-hybridized carbons (Fsp3) is 0.0513. The predicted molar refractivity (Wildman–Crippen MR) is 184 cm³/mol. The summed E-state index contributed by atoms with van der Waals surface area (Å²) < 4.78 is 2.31. The monoisotopic (exact) mass is 584 g/mol. The molecule has 0 aliphatic carbocycles. The molecule has 210 valence electrons. The second-order valence-electron chi connectivity index (χ2n) is 11.3. The molecular formula is C39H28N4S. The molecule has 6 aromatic carbocycles. The molecule has 7 aromatic rings. The summed E-state index contributed by atoms with van der Waals surface area (Å²) in [5.41, 5.74) is 7.07. The first-order valence-corrected chi connectivity index (χ1v) is 15.8. The molecule has 9 rings (SSSR count). The van der Waals surface area contributed by atoms with Crippen LogP contribution in [0.3, 0.4) is 0 Å². The highest BCUT2D eigenvalue weighted by molar-refractivity contribution is 7.99. The molecule has 0 spiro atoms. The first-order valence-electron chi connectivity index (χ1n) is 15.0. The average molecular weight is 585 g/mol. The largest absolute Gasteiger partial charge is 0.336 e. The van der Waals surface area contributed by atoms with E-state index in [1.807, 2.05) is 11.8 Å². The lowest BCUT2D eigenvalue weighted by Crippen LogP contribution is -2.47. The van der Waals surface area contributed by atoms with E-state index in [1.165, 1.54) is 48.0 Å². The van der Waals surface area contributed by atoms with Gasteiger partial charge in [-0.3, -0.25) is 9.88 Å². The Kier molecular flexibility index (Phi) is 5.93. The minimum absolute atomic E-state index is 0.107. The highest BCUT2D eigenvalue weighted by Crippen LogP contribution is 2.45. The first-order chi connectivity index (χ1) is 21.8. The molecule has 0 saturated carbocycles. The van der Waals surface area contributed by atoms with Crippen LogP contribution in [0, 0.1) is 0 Å². The molecule has 0 radical (unpaired) electrons. The third-order valence-electron chi connectivity index (χ3n) is 8.70. The lowest BCUT2D eigenvalue weighted by molar-refractivity contribution is 0.403. The maximum absolute atomic E-state index is 5.30. The number of hydrogen-bond acceptors (Lipinski definition) is 4. The van der Waals surface area contributed by atoms with Crippen molar-refractivity contribution in [2.75, 3.05) is 0 Å². The molecule has 2 aliphatic rings. The molecule has 5 heteroatoms. The number of aliphatic imine (C=N–C) groups is 1. The summed E-state index contributed by atoms with van der Waals surface area (Å²) in [5, 5.41) is 12.5. The topological polar surface area (TPSA) is 41.4 Å². The maximum atomic E-state index is 5.30. The third-order valence-corrected chi connectivity index (χ3v) is 9.94. The minimum Gasteiger partial charge on any atom is -0.336 e. The van der Waals surface area contributed by atoms with Crippen LogP contribution in [0.15, 0.2) is 148 Å². The van der Waals surface area contributed by atoms with E-state index >= 15 is 0 Å². The summed E-state index contributed by atoms with van der Waals surface area (Å²) >= 11 is 1.87. The van der Waals surface area contributed by atoms with Gasteiger partial charge in [-0.05, 0) is 51.2 Å². The summed E-state index contributed by atoms with van der Waals surface area (Å²) in [7, 11) is 0. The summed E-state index contributed by atoms with van der Waals surface area (Å²) in [5.74, 6) is 0.831. The Morgan fingerprint density at radius 3 is 2.18 bits per heavy atom. The molecule has 0 saturated heterocycles. The smallest absolute Gasteiger partial charge is 0.206 e. The van der Waals surface area contributed by atoms with E-state index in [2.05, 4.69) is 161 Å². The van der Waals surface area contributed by atoms with E-state index in [4.69, 9.17) is 4.99 Å². The Hall–Kier alpha value is -5.10. The van der Waals surface area contributed by atoms with E-state index < -0.39 is 0 Å². The van der Waals surface area contributed by atoms with Crippen molar-refractivity contribution in [2.24, 2.45) is 4.99 Å². The molecule has 1 aromatic heterocycles. The lowest BCUT2D eigenvalue weighted by atomic mass is 10.0. The van der Waals surface area contributed by atoms with Gasteiger partial charge in [-0.15, -0.1) is 0 Å². The maximum Gasteiger partial charge on any atom is 0.206 e. The van der Waals surface area contributed by atoms with Gasteiger partial charge in [0.1, 0.15) is 12.3 Å². The second kappa shape index (κ2) is 10.3. The molecule has 3 heterocycles.